The summed E-state index contributed by atoms with van der Waals surface area (Å²) in [4.78, 5) is 12.8. The summed E-state index contributed by atoms with van der Waals surface area (Å²) >= 11 is 5.98. The largest absolute Gasteiger partial charge is 0.348 e. The number of hydrogen-bond donors (Lipinski definition) is 1. The Kier molecular flexibility index (Phi) is 4.95. The molecule has 0 saturated heterocycles. The highest BCUT2D eigenvalue weighted by atomic mass is 35.5. The Labute approximate surface area is 163 Å². The first-order chi connectivity index (χ1) is 13.2. The van der Waals surface area contributed by atoms with Gasteiger partial charge < -0.3 is 9.88 Å². The summed E-state index contributed by atoms with van der Waals surface area (Å²) in [5.41, 5.74) is 3.94. The smallest absolute Gasteiger partial charge is 0.253 e. The third-order valence-electron chi connectivity index (χ3n) is 4.60. The number of amides is 1. The summed E-state index contributed by atoms with van der Waals surface area (Å²) < 4.78 is 2.11. The number of rotatable bonds is 5. The Hall–Kier alpha value is -3.04. The fourth-order valence-corrected chi connectivity index (χ4v) is 3.34. The number of para-hydroxylation sites is 1. The van der Waals surface area contributed by atoms with Gasteiger partial charge in [-0.1, -0.05) is 72.3 Å². The van der Waals surface area contributed by atoms with Gasteiger partial charge in [-0.05, 0) is 29.3 Å². The van der Waals surface area contributed by atoms with Crippen molar-refractivity contribution in [3.8, 4) is 0 Å². The van der Waals surface area contributed by atoms with Crippen LogP contribution in [0.2, 0.25) is 5.02 Å². The second-order valence-corrected chi connectivity index (χ2v) is 6.92. The molecule has 27 heavy (non-hydrogen) atoms. The van der Waals surface area contributed by atoms with Crippen LogP contribution in [0.5, 0.6) is 0 Å². The molecule has 134 valence electrons. The van der Waals surface area contributed by atoms with Gasteiger partial charge in [-0.25, -0.2) is 0 Å². The Morgan fingerprint density at radius 3 is 2.33 bits per heavy atom. The molecule has 0 aliphatic carbocycles. The van der Waals surface area contributed by atoms with Gasteiger partial charge in [0.05, 0.1) is 5.56 Å². The van der Waals surface area contributed by atoms with E-state index in [2.05, 4.69) is 9.88 Å². The van der Waals surface area contributed by atoms with E-state index in [1.807, 2.05) is 85.1 Å². The molecular formula is C23H19ClN2O. The molecule has 0 aliphatic rings. The summed E-state index contributed by atoms with van der Waals surface area (Å²) in [5, 5.41) is 4.70. The molecule has 3 aromatic carbocycles. The molecule has 4 rings (SSSR count). The molecule has 0 aliphatic heterocycles. The van der Waals surface area contributed by atoms with E-state index >= 15 is 0 Å². The number of fused-ring (bicyclic) bond motifs is 1. The topological polar surface area (TPSA) is 34.0 Å². The number of nitrogens with one attached hydrogen (secondary N) is 1. The van der Waals surface area contributed by atoms with Crippen molar-refractivity contribution in [2.45, 2.75) is 13.1 Å². The molecule has 1 aromatic heterocycles. The number of aromatic nitrogens is 1. The zero-order valence-corrected chi connectivity index (χ0v) is 15.5. The van der Waals surface area contributed by atoms with E-state index in [-0.39, 0.29) is 5.91 Å². The van der Waals surface area contributed by atoms with Gasteiger partial charge in [0.2, 0.25) is 0 Å². The Morgan fingerprint density at radius 2 is 1.56 bits per heavy atom. The molecule has 1 N–H and O–H groups in total. The van der Waals surface area contributed by atoms with Crippen molar-refractivity contribution < 1.29 is 4.79 Å². The van der Waals surface area contributed by atoms with E-state index in [0.29, 0.717) is 18.7 Å². The predicted octanol–water partition coefficient (Wildman–Crippen LogP) is 5.27. The van der Waals surface area contributed by atoms with Gasteiger partial charge in [0.1, 0.15) is 0 Å². The normalized spacial score (nSPS) is 10.9. The molecule has 0 bridgehead atoms. The molecule has 0 radical (unpaired) electrons. The molecule has 0 saturated carbocycles. The first-order valence-corrected chi connectivity index (χ1v) is 9.23. The molecule has 3 nitrogen and oxygen atoms in total. The van der Waals surface area contributed by atoms with Crippen LogP contribution in [0.3, 0.4) is 0 Å². The third kappa shape index (κ3) is 3.88. The van der Waals surface area contributed by atoms with Crippen LogP contribution in [0.25, 0.3) is 10.9 Å². The number of halogens is 1. The van der Waals surface area contributed by atoms with Crippen LogP contribution >= 0.6 is 11.6 Å². The van der Waals surface area contributed by atoms with Crippen molar-refractivity contribution in [2.24, 2.45) is 0 Å². The van der Waals surface area contributed by atoms with Crippen LogP contribution in [-0.4, -0.2) is 10.5 Å². The Bertz CT molecular complexity index is 1070. The maximum Gasteiger partial charge on any atom is 0.253 e. The second kappa shape index (κ2) is 7.68. The minimum absolute atomic E-state index is 0.0649. The number of nitrogens with zero attached hydrogens (tertiary/aromatic N) is 1. The summed E-state index contributed by atoms with van der Waals surface area (Å²) in [6, 6.07) is 25.7. The van der Waals surface area contributed by atoms with Gasteiger partial charge in [-0.15, -0.1) is 0 Å². The minimum Gasteiger partial charge on any atom is -0.348 e. The number of carbonyl (C=O) groups excluding carboxylic acids is 1. The fourth-order valence-electron chi connectivity index (χ4n) is 3.22. The van der Waals surface area contributed by atoms with Crippen LogP contribution in [-0.2, 0) is 13.1 Å². The van der Waals surface area contributed by atoms with Gasteiger partial charge in [0.15, 0.2) is 0 Å². The number of carbonyl (C=O) groups is 1. The van der Waals surface area contributed by atoms with Crippen molar-refractivity contribution in [1.82, 2.24) is 9.88 Å². The maximum atomic E-state index is 12.8. The van der Waals surface area contributed by atoms with Gasteiger partial charge in [0, 0.05) is 35.2 Å². The van der Waals surface area contributed by atoms with Crippen molar-refractivity contribution in [1.29, 1.82) is 0 Å². The maximum absolute atomic E-state index is 12.8. The Balaban J connectivity index is 1.61. The standard InChI is InChI=1S/C23H19ClN2O/c24-19-12-10-18(11-13-19)15-26-16-21(20-8-4-5-9-22(20)26)23(27)25-14-17-6-2-1-3-7-17/h1-13,16H,14-15H2,(H,25,27). The lowest BCUT2D eigenvalue weighted by Crippen LogP contribution is -2.22. The molecule has 1 amide bonds. The second-order valence-electron chi connectivity index (χ2n) is 6.48. The van der Waals surface area contributed by atoms with E-state index in [1.165, 1.54) is 0 Å². The lowest BCUT2D eigenvalue weighted by Gasteiger charge is -2.05. The first kappa shape index (κ1) is 17.4. The Morgan fingerprint density at radius 1 is 0.852 bits per heavy atom. The van der Waals surface area contributed by atoms with Gasteiger partial charge in [0.25, 0.3) is 5.91 Å². The SMILES string of the molecule is O=C(NCc1ccccc1)c1cn(Cc2ccc(Cl)cc2)c2ccccc12. The lowest BCUT2D eigenvalue weighted by molar-refractivity contribution is 0.0952. The predicted molar refractivity (Wildman–Crippen MR) is 110 cm³/mol. The summed E-state index contributed by atoms with van der Waals surface area (Å²) in [6.45, 7) is 1.19. The molecule has 0 unspecified atom stereocenters. The first-order valence-electron chi connectivity index (χ1n) is 8.85. The molecule has 4 heteroatoms. The van der Waals surface area contributed by atoms with E-state index in [9.17, 15) is 4.79 Å². The van der Waals surface area contributed by atoms with Crippen molar-refractivity contribution in [3.63, 3.8) is 0 Å². The zero-order valence-electron chi connectivity index (χ0n) is 14.7. The zero-order chi connectivity index (χ0) is 18.6. The highest BCUT2D eigenvalue weighted by molar-refractivity contribution is 6.30. The van der Waals surface area contributed by atoms with Crippen LogP contribution < -0.4 is 5.32 Å². The van der Waals surface area contributed by atoms with Gasteiger partial charge in [-0.2, -0.15) is 0 Å². The van der Waals surface area contributed by atoms with Crippen LogP contribution in [0.4, 0.5) is 0 Å². The van der Waals surface area contributed by atoms with E-state index in [4.69, 9.17) is 11.6 Å². The summed E-state index contributed by atoms with van der Waals surface area (Å²) in [5.74, 6) is -0.0649. The number of benzene rings is 3. The molecule has 0 fully saturated rings. The third-order valence-corrected chi connectivity index (χ3v) is 4.85. The monoisotopic (exact) mass is 374 g/mol. The minimum atomic E-state index is -0.0649. The van der Waals surface area contributed by atoms with Crippen LogP contribution in [0.15, 0.2) is 85.1 Å². The average molecular weight is 375 g/mol. The molecule has 4 aromatic rings. The van der Waals surface area contributed by atoms with Crippen molar-refractivity contribution >= 4 is 28.4 Å². The van der Waals surface area contributed by atoms with Gasteiger partial charge >= 0.3 is 0 Å². The average Bonchev–Trinajstić information content (AvgIpc) is 3.07. The van der Waals surface area contributed by atoms with E-state index < -0.39 is 0 Å². The quantitative estimate of drug-likeness (QED) is 0.507. The van der Waals surface area contributed by atoms with Crippen LogP contribution in [0.1, 0.15) is 21.5 Å². The molecule has 1 heterocycles. The molecular weight excluding hydrogens is 356 g/mol. The summed E-state index contributed by atoms with van der Waals surface area (Å²) in [6.07, 6.45) is 1.93. The summed E-state index contributed by atoms with van der Waals surface area (Å²) in [7, 11) is 0. The van der Waals surface area contributed by atoms with Crippen molar-refractivity contribution in [2.75, 3.05) is 0 Å². The molecule has 0 spiro atoms. The highest BCUT2D eigenvalue weighted by Crippen LogP contribution is 2.23. The van der Waals surface area contributed by atoms with Crippen molar-refractivity contribution in [3.05, 3.63) is 107 Å². The van der Waals surface area contributed by atoms with E-state index in [0.717, 1.165) is 27.1 Å². The fraction of sp³-hybridized carbons (Fsp3) is 0.0870. The van der Waals surface area contributed by atoms with Gasteiger partial charge in [-0.3, -0.25) is 4.79 Å². The van der Waals surface area contributed by atoms with E-state index in [1.54, 1.807) is 0 Å². The molecule has 0 atom stereocenters. The van der Waals surface area contributed by atoms with Crippen LogP contribution in [0, 0.1) is 0 Å². The number of hydrogen-bond acceptors (Lipinski definition) is 1. The lowest BCUT2D eigenvalue weighted by atomic mass is 10.1. The highest BCUT2D eigenvalue weighted by Gasteiger charge is 2.14.